The van der Waals surface area contributed by atoms with Crippen LogP contribution in [0, 0.1) is 12.8 Å². The van der Waals surface area contributed by atoms with Gasteiger partial charge in [0.2, 0.25) is 27.7 Å². The molecule has 0 radical (unpaired) electrons. The summed E-state index contributed by atoms with van der Waals surface area (Å²) in [5, 5.41) is 8.26. The molecule has 36 heavy (non-hydrogen) atoms. The van der Waals surface area contributed by atoms with Crippen LogP contribution in [-0.4, -0.2) is 53.9 Å². The average Bonchev–Trinajstić information content (AvgIpc) is 3.32. The van der Waals surface area contributed by atoms with Crippen LogP contribution in [0.2, 0.25) is 0 Å². The highest BCUT2D eigenvalue weighted by Gasteiger charge is 2.33. The van der Waals surface area contributed by atoms with Crippen molar-refractivity contribution < 1.29 is 17.6 Å². The smallest absolute Gasteiger partial charge is 0.247 e. The predicted octanol–water partition coefficient (Wildman–Crippen LogP) is 4.40. The zero-order valence-electron chi connectivity index (χ0n) is 21.6. The molecule has 0 N–H and O–H groups in total. The average molecular weight is 511 g/mol. The van der Waals surface area contributed by atoms with Crippen LogP contribution >= 0.6 is 0 Å². The van der Waals surface area contributed by atoms with Gasteiger partial charge in [-0.3, -0.25) is 4.79 Å². The van der Waals surface area contributed by atoms with E-state index in [2.05, 4.69) is 43.1 Å². The van der Waals surface area contributed by atoms with Gasteiger partial charge in [-0.25, -0.2) is 8.42 Å². The number of benzene rings is 2. The predicted molar refractivity (Wildman–Crippen MR) is 138 cm³/mol. The topological polar surface area (TPSA) is 96.6 Å². The molecule has 4 rings (SSSR count). The Morgan fingerprint density at radius 3 is 2.22 bits per heavy atom. The first kappa shape index (κ1) is 26.0. The standard InChI is InChI=1S/C27H34N4O4S/c1-19-6-12-23(13-7-19)36(33,34)31-16-14-21(15-17-31)26(32)30(5)18-24-28-29-25(35-24)20-8-10-22(11-9-20)27(2,3)4/h6-13,21H,14-18H2,1-5H3. The number of nitrogens with zero attached hydrogens (tertiary/aromatic N) is 4. The van der Waals surface area contributed by atoms with Crippen LogP contribution in [0.4, 0.5) is 0 Å². The van der Waals surface area contributed by atoms with Gasteiger partial charge in [-0.15, -0.1) is 10.2 Å². The lowest BCUT2D eigenvalue weighted by atomic mass is 9.87. The van der Waals surface area contributed by atoms with Gasteiger partial charge in [-0.1, -0.05) is 50.6 Å². The van der Waals surface area contributed by atoms with Crippen molar-refractivity contribution >= 4 is 15.9 Å². The van der Waals surface area contributed by atoms with E-state index in [1.807, 2.05) is 19.1 Å². The molecule has 0 aliphatic carbocycles. The third-order valence-electron chi connectivity index (χ3n) is 6.68. The SMILES string of the molecule is Cc1ccc(S(=O)(=O)N2CCC(C(=O)N(C)Cc3nnc(-c4ccc(C(C)(C)C)cc4)o3)CC2)cc1. The molecule has 0 unspecified atom stereocenters. The second-order valence-corrected chi connectivity index (χ2v) is 12.5. The quantitative estimate of drug-likeness (QED) is 0.488. The van der Waals surface area contributed by atoms with Gasteiger partial charge >= 0.3 is 0 Å². The molecule has 1 aromatic heterocycles. The van der Waals surface area contributed by atoms with Gasteiger partial charge in [-0.2, -0.15) is 4.31 Å². The number of sulfonamides is 1. The van der Waals surface area contributed by atoms with E-state index in [0.29, 0.717) is 37.7 Å². The van der Waals surface area contributed by atoms with Crippen molar-refractivity contribution in [3.05, 3.63) is 65.5 Å². The Labute approximate surface area is 213 Å². The first-order chi connectivity index (χ1) is 16.9. The molecule has 9 heteroatoms. The number of hydrogen-bond donors (Lipinski definition) is 0. The zero-order chi connectivity index (χ0) is 26.1. The van der Waals surface area contributed by atoms with Gasteiger partial charge in [0.25, 0.3) is 0 Å². The molecule has 0 saturated carbocycles. The number of aryl methyl sites for hydroxylation is 1. The van der Waals surface area contributed by atoms with E-state index in [1.165, 1.54) is 9.87 Å². The summed E-state index contributed by atoms with van der Waals surface area (Å²) in [6.45, 7) is 9.23. The van der Waals surface area contributed by atoms with Gasteiger partial charge in [-0.05, 0) is 55.0 Å². The fourth-order valence-electron chi connectivity index (χ4n) is 4.34. The van der Waals surface area contributed by atoms with Crippen LogP contribution in [0.25, 0.3) is 11.5 Å². The number of carbonyl (C=O) groups excluding carboxylic acids is 1. The molecule has 1 aliphatic heterocycles. The number of amides is 1. The Kier molecular flexibility index (Phi) is 7.33. The Balaban J connectivity index is 1.33. The normalized spacial score (nSPS) is 15.7. The van der Waals surface area contributed by atoms with E-state index in [1.54, 1.807) is 36.2 Å². The van der Waals surface area contributed by atoms with Gasteiger partial charge < -0.3 is 9.32 Å². The third kappa shape index (κ3) is 5.68. The maximum Gasteiger partial charge on any atom is 0.247 e. The van der Waals surface area contributed by atoms with Gasteiger partial charge in [0.15, 0.2) is 0 Å². The Bertz CT molecular complexity index is 1300. The van der Waals surface area contributed by atoms with Crippen molar-refractivity contribution in [2.75, 3.05) is 20.1 Å². The summed E-state index contributed by atoms with van der Waals surface area (Å²) in [5.41, 5.74) is 3.11. The molecule has 1 aliphatic rings. The molecule has 1 amide bonds. The minimum absolute atomic E-state index is 0.0448. The largest absolute Gasteiger partial charge is 0.419 e. The molecule has 1 saturated heterocycles. The lowest BCUT2D eigenvalue weighted by molar-refractivity contribution is -0.136. The molecular weight excluding hydrogens is 476 g/mol. The summed E-state index contributed by atoms with van der Waals surface area (Å²) in [6, 6.07) is 14.9. The van der Waals surface area contributed by atoms with E-state index < -0.39 is 10.0 Å². The van der Waals surface area contributed by atoms with Crippen LogP contribution < -0.4 is 0 Å². The number of hydrogen-bond acceptors (Lipinski definition) is 6. The van der Waals surface area contributed by atoms with Gasteiger partial charge in [0.05, 0.1) is 11.4 Å². The van der Waals surface area contributed by atoms with E-state index >= 15 is 0 Å². The monoisotopic (exact) mass is 510 g/mol. The van der Waals surface area contributed by atoms with E-state index in [-0.39, 0.29) is 28.7 Å². The van der Waals surface area contributed by atoms with Crippen molar-refractivity contribution in [2.24, 2.45) is 5.92 Å². The Hall–Kier alpha value is -3.04. The highest BCUT2D eigenvalue weighted by molar-refractivity contribution is 7.89. The fraction of sp³-hybridized carbons (Fsp3) is 0.444. The Morgan fingerprint density at radius 1 is 1.03 bits per heavy atom. The Morgan fingerprint density at radius 2 is 1.64 bits per heavy atom. The third-order valence-corrected chi connectivity index (χ3v) is 8.59. The van der Waals surface area contributed by atoms with Crippen LogP contribution in [0.3, 0.4) is 0 Å². The molecule has 0 spiro atoms. The summed E-state index contributed by atoms with van der Waals surface area (Å²) < 4.78 is 33.2. The number of rotatable bonds is 6. The van der Waals surface area contributed by atoms with E-state index in [4.69, 9.17) is 4.42 Å². The maximum absolute atomic E-state index is 13.0. The van der Waals surface area contributed by atoms with Crippen LogP contribution in [0.1, 0.15) is 50.6 Å². The first-order valence-electron chi connectivity index (χ1n) is 12.2. The molecule has 0 atom stereocenters. The van der Waals surface area contributed by atoms with Gasteiger partial charge in [0, 0.05) is 31.6 Å². The van der Waals surface area contributed by atoms with Crippen LogP contribution in [-0.2, 0) is 26.8 Å². The summed E-state index contributed by atoms with van der Waals surface area (Å²) in [5.74, 6) is 0.490. The van der Waals surface area contributed by atoms with Crippen molar-refractivity contribution in [1.29, 1.82) is 0 Å². The minimum atomic E-state index is -3.56. The van der Waals surface area contributed by atoms with E-state index in [9.17, 15) is 13.2 Å². The summed E-state index contributed by atoms with van der Waals surface area (Å²) in [4.78, 5) is 14.9. The minimum Gasteiger partial charge on any atom is -0.419 e. The van der Waals surface area contributed by atoms with Crippen molar-refractivity contribution in [3.63, 3.8) is 0 Å². The van der Waals surface area contributed by atoms with Crippen molar-refractivity contribution in [2.45, 2.75) is 57.4 Å². The highest BCUT2D eigenvalue weighted by Crippen LogP contribution is 2.27. The zero-order valence-corrected chi connectivity index (χ0v) is 22.4. The van der Waals surface area contributed by atoms with Gasteiger partial charge in [0.1, 0.15) is 0 Å². The van der Waals surface area contributed by atoms with E-state index in [0.717, 1.165) is 11.1 Å². The molecular formula is C27H34N4O4S. The number of piperidine rings is 1. The molecule has 8 nitrogen and oxygen atoms in total. The van der Waals surface area contributed by atoms with Crippen LogP contribution in [0.5, 0.6) is 0 Å². The molecule has 2 heterocycles. The number of carbonyl (C=O) groups is 1. The highest BCUT2D eigenvalue weighted by atomic mass is 32.2. The van der Waals surface area contributed by atoms with Crippen LogP contribution in [0.15, 0.2) is 57.8 Å². The van der Waals surface area contributed by atoms with Crippen molar-refractivity contribution in [3.8, 4) is 11.5 Å². The number of aromatic nitrogens is 2. The first-order valence-corrected chi connectivity index (χ1v) is 13.6. The molecule has 3 aromatic rings. The van der Waals surface area contributed by atoms with Crippen molar-refractivity contribution in [1.82, 2.24) is 19.4 Å². The second-order valence-electron chi connectivity index (χ2n) is 10.5. The summed E-state index contributed by atoms with van der Waals surface area (Å²) >= 11 is 0. The summed E-state index contributed by atoms with van der Waals surface area (Å²) in [6.07, 6.45) is 0.951. The molecule has 1 fully saturated rings. The molecule has 192 valence electrons. The lowest BCUT2D eigenvalue weighted by Gasteiger charge is -2.32. The molecule has 0 bridgehead atoms. The summed E-state index contributed by atoms with van der Waals surface area (Å²) in [7, 11) is -1.85. The fourth-order valence-corrected chi connectivity index (χ4v) is 5.81. The molecule has 2 aromatic carbocycles. The second kappa shape index (κ2) is 10.1. The maximum atomic E-state index is 13.0. The lowest BCUT2D eigenvalue weighted by Crippen LogP contribution is -2.43.